The molecule has 6 nitrogen and oxygen atoms in total. The second-order valence-corrected chi connectivity index (χ2v) is 6.95. The van der Waals surface area contributed by atoms with Crippen LogP contribution < -0.4 is 0 Å². The fraction of sp³-hybridized carbons (Fsp3) is 0.667. The first-order chi connectivity index (χ1) is 8.89. The molecule has 108 valence electrons. The van der Waals surface area contributed by atoms with Gasteiger partial charge in [0, 0.05) is 20.1 Å². The first-order valence-corrected chi connectivity index (χ1v) is 7.68. The molecule has 0 spiro atoms. The highest BCUT2D eigenvalue weighted by Gasteiger charge is 2.33. The van der Waals surface area contributed by atoms with Crippen molar-refractivity contribution in [3.63, 3.8) is 0 Å². The molecular weight excluding hydrogens is 268 g/mol. The van der Waals surface area contributed by atoms with Gasteiger partial charge in [0.2, 0.25) is 0 Å². The van der Waals surface area contributed by atoms with E-state index >= 15 is 0 Å². The van der Waals surface area contributed by atoms with Crippen LogP contribution in [0.2, 0.25) is 0 Å². The number of rotatable bonds is 4. The molecule has 2 atom stereocenters. The van der Waals surface area contributed by atoms with E-state index in [9.17, 15) is 8.42 Å². The van der Waals surface area contributed by atoms with Crippen LogP contribution in [-0.4, -0.2) is 49.4 Å². The molecule has 1 aliphatic heterocycles. The third-order valence-electron chi connectivity index (χ3n) is 3.06. The summed E-state index contributed by atoms with van der Waals surface area (Å²) in [5, 5.41) is 0. The Kier molecular flexibility index (Phi) is 4.29. The molecule has 1 aromatic heterocycles. The maximum Gasteiger partial charge on any atom is 0.282 e. The van der Waals surface area contributed by atoms with Gasteiger partial charge in [-0.1, -0.05) is 0 Å². The predicted octanol–water partition coefficient (Wildman–Crippen LogP) is 1.07. The maximum absolute atomic E-state index is 12.5. The minimum absolute atomic E-state index is 0.0875. The summed E-state index contributed by atoms with van der Waals surface area (Å²) in [7, 11) is -1.92. The Labute approximate surface area is 114 Å². The van der Waals surface area contributed by atoms with Crippen LogP contribution >= 0.6 is 0 Å². The molecule has 0 aliphatic carbocycles. The molecule has 1 aliphatic rings. The van der Waals surface area contributed by atoms with Crippen molar-refractivity contribution >= 4 is 10.2 Å². The number of nitrogens with zero attached hydrogens (tertiary/aromatic N) is 2. The number of hydrogen-bond donors (Lipinski definition) is 0. The standard InChI is InChI=1S/C12H20N2O4S/c1-10-7-14(8-11(2)18-10)19(15,16)13(3)9-12-5-4-6-17-12/h4-6,10-11H,7-9H2,1-3H3/t10-,11-/m0/s1. The van der Waals surface area contributed by atoms with Crippen molar-refractivity contribution in [2.75, 3.05) is 20.1 Å². The van der Waals surface area contributed by atoms with Crippen molar-refractivity contribution in [1.29, 1.82) is 0 Å². The highest BCUT2D eigenvalue weighted by atomic mass is 32.2. The van der Waals surface area contributed by atoms with Crippen molar-refractivity contribution < 1.29 is 17.6 Å². The Hall–Kier alpha value is -0.890. The minimum Gasteiger partial charge on any atom is -0.468 e. The van der Waals surface area contributed by atoms with Gasteiger partial charge in [-0.2, -0.15) is 17.0 Å². The average molecular weight is 288 g/mol. The van der Waals surface area contributed by atoms with Gasteiger partial charge in [-0.3, -0.25) is 0 Å². The number of morpholine rings is 1. The normalized spacial score (nSPS) is 25.9. The summed E-state index contributed by atoms with van der Waals surface area (Å²) < 4.78 is 38.4. The molecule has 1 saturated heterocycles. The van der Waals surface area contributed by atoms with E-state index in [1.807, 2.05) is 13.8 Å². The average Bonchev–Trinajstić information content (AvgIpc) is 2.80. The summed E-state index contributed by atoms with van der Waals surface area (Å²) in [6.45, 7) is 4.76. The molecule has 0 amide bonds. The number of furan rings is 1. The molecule has 0 saturated carbocycles. The summed E-state index contributed by atoms with van der Waals surface area (Å²) >= 11 is 0. The zero-order valence-electron chi connectivity index (χ0n) is 11.4. The highest BCUT2D eigenvalue weighted by molar-refractivity contribution is 7.86. The molecule has 0 N–H and O–H groups in total. The first-order valence-electron chi connectivity index (χ1n) is 6.29. The van der Waals surface area contributed by atoms with Crippen molar-refractivity contribution in [3.05, 3.63) is 24.2 Å². The van der Waals surface area contributed by atoms with Gasteiger partial charge < -0.3 is 9.15 Å². The van der Waals surface area contributed by atoms with Gasteiger partial charge in [0.1, 0.15) is 5.76 Å². The van der Waals surface area contributed by atoms with Crippen LogP contribution in [-0.2, 0) is 21.5 Å². The third-order valence-corrected chi connectivity index (χ3v) is 4.93. The van der Waals surface area contributed by atoms with Crippen molar-refractivity contribution in [3.8, 4) is 0 Å². The summed E-state index contributed by atoms with van der Waals surface area (Å²) in [6, 6.07) is 3.51. The maximum atomic E-state index is 12.5. The lowest BCUT2D eigenvalue weighted by molar-refractivity contribution is -0.0453. The van der Waals surface area contributed by atoms with Crippen molar-refractivity contribution in [2.24, 2.45) is 0 Å². The summed E-state index contributed by atoms with van der Waals surface area (Å²) in [5.74, 6) is 0.625. The molecule has 1 fully saturated rings. The van der Waals surface area contributed by atoms with Crippen LogP contribution in [0.25, 0.3) is 0 Å². The Morgan fingerprint density at radius 1 is 1.37 bits per heavy atom. The van der Waals surface area contributed by atoms with Gasteiger partial charge in [-0.05, 0) is 26.0 Å². The van der Waals surface area contributed by atoms with Gasteiger partial charge in [0.05, 0.1) is 25.0 Å². The molecule has 0 radical (unpaired) electrons. The Bertz CT molecular complexity index is 490. The van der Waals surface area contributed by atoms with E-state index in [2.05, 4.69) is 0 Å². The SMILES string of the molecule is C[C@H]1CN(S(=O)(=O)N(C)Cc2ccco2)C[C@H](C)O1. The molecule has 0 bridgehead atoms. The van der Waals surface area contributed by atoms with Gasteiger partial charge in [-0.15, -0.1) is 0 Å². The van der Waals surface area contributed by atoms with E-state index in [1.54, 1.807) is 19.2 Å². The van der Waals surface area contributed by atoms with Crippen LogP contribution in [0.1, 0.15) is 19.6 Å². The Morgan fingerprint density at radius 2 is 2.00 bits per heavy atom. The molecule has 2 rings (SSSR count). The fourth-order valence-corrected chi connectivity index (χ4v) is 3.70. The predicted molar refractivity (Wildman–Crippen MR) is 70.7 cm³/mol. The van der Waals surface area contributed by atoms with E-state index in [0.717, 1.165) is 0 Å². The number of ether oxygens (including phenoxy) is 1. The Morgan fingerprint density at radius 3 is 2.53 bits per heavy atom. The van der Waals surface area contributed by atoms with Gasteiger partial charge >= 0.3 is 0 Å². The van der Waals surface area contributed by atoms with Crippen LogP contribution in [0.3, 0.4) is 0 Å². The lowest BCUT2D eigenvalue weighted by Gasteiger charge is -2.36. The molecule has 2 heterocycles. The largest absolute Gasteiger partial charge is 0.468 e. The van der Waals surface area contributed by atoms with E-state index < -0.39 is 10.2 Å². The lowest BCUT2D eigenvalue weighted by Crippen LogP contribution is -2.52. The zero-order valence-corrected chi connectivity index (χ0v) is 12.3. The van der Waals surface area contributed by atoms with Gasteiger partial charge in [-0.25, -0.2) is 0 Å². The molecule has 0 aromatic carbocycles. The third kappa shape index (κ3) is 3.36. The smallest absolute Gasteiger partial charge is 0.282 e. The fourth-order valence-electron chi connectivity index (χ4n) is 2.22. The van der Waals surface area contributed by atoms with Crippen molar-refractivity contribution in [2.45, 2.75) is 32.6 Å². The van der Waals surface area contributed by atoms with Gasteiger partial charge in [0.15, 0.2) is 0 Å². The van der Waals surface area contributed by atoms with E-state index in [1.165, 1.54) is 14.9 Å². The zero-order chi connectivity index (χ0) is 14.0. The lowest BCUT2D eigenvalue weighted by atomic mass is 10.3. The van der Waals surface area contributed by atoms with Crippen LogP contribution in [0, 0.1) is 0 Å². The highest BCUT2D eigenvalue weighted by Crippen LogP contribution is 2.18. The van der Waals surface area contributed by atoms with Crippen LogP contribution in [0.15, 0.2) is 22.8 Å². The molecule has 19 heavy (non-hydrogen) atoms. The topological polar surface area (TPSA) is 63.0 Å². The van der Waals surface area contributed by atoms with Crippen LogP contribution in [0.5, 0.6) is 0 Å². The quantitative estimate of drug-likeness (QED) is 0.831. The monoisotopic (exact) mass is 288 g/mol. The second kappa shape index (κ2) is 5.62. The van der Waals surface area contributed by atoms with E-state index in [0.29, 0.717) is 18.8 Å². The molecule has 0 unspecified atom stereocenters. The van der Waals surface area contributed by atoms with E-state index in [4.69, 9.17) is 9.15 Å². The molecule has 7 heteroatoms. The summed E-state index contributed by atoms with van der Waals surface area (Å²) in [6.07, 6.45) is 1.36. The molecule has 1 aromatic rings. The first kappa shape index (κ1) is 14.5. The second-order valence-electron chi connectivity index (χ2n) is 4.92. The number of hydrogen-bond acceptors (Lipinski definition) is 4. The van der Waals surface area contributed by atoms with E-state index in [-0.39, 0.29) is 18.8 Å². The Balaban J connectivity index is 2.08. The molecular formula is C12H20N2O4S. The van der Waals surface area contributed by atoms with Gasteiger partial charge in [0.25, 0.3) is 10.2 Å². The summed E-state index contributed by atoms with van der Waals surface area (Å²) in [5.41, 5.74) is 0. The summed E-state index contributed by atoms with van der Waals surface area (Å²) in [4.78, 5) is 0. The van der Waals surface area contributed by atoms with Crippen LogP contribution in [0.4, 0.5) is 0 Å². The van der Waals surface area contributed by atoms with Crippen molar-refractivity contribution in [1.82, 2.24) is 8.61 Å². The minimum atomic E-state index is -3.48.